The fourth-order valence-corrected chi connectivity index (χ4v) is 4.11. The van der Waals surface area contributed by atoms with Crippen molar-refractivity contribution in [2.24, 2.45) is 17.3 Å². The number of carbonyl (C=O) groups is 1. The van der Waals surface area contributed by atoms with Crippen molar-refractivity contribution in [2.45, 2.75) is 32.6 Å². The van der Waals surface area contributed by atoms with E-state index >= 15 is 0 Å². The first-order valence-corrected chi connectivity index (χ1v) is 9.46. The average molecular weight is 367 g/mol. The molecule has 0 radical (unpaired) electrons. The van der Waals surface area contributed by atoms with Crippen molar-refractivity contribution >= 4 is 15.9 Å². The van der Waals surface area contributed by atoms with Crippen molar-refractivity contribution in [1.82, 2.24) is 4.72 Å². The number of amides is 1. The summed E-state index contributed by atoms with van der Waals surface area (Å²) in [5, 5.41) is 0. The molecule has 6 nitrogen and oxygen atoms in total. The summed E-state index contributed by atoms with van der Waals surface area (Å²) in [7, 11) is -1.10. The number of sulfonamides is 1. The molecular weight excluding hydrogens is 342 g/mol. The molecule has 1 aliphatic rings. The fraction of sp³-hybridized carbons (Fsp3) is 0.500. The molecule has 25 heavy (non-hydrogen) atoms. The molecule has 2 atom stereocenters. The second-order valence-corrected chi connectivity index (χ2v) is 8.74. The van der Waals surface area contributed by atoms with Gasteiger partial charge in [-0.1, -0.05) is 25.5 Å². The van der Waals surface area contributed by atoms with E-state index in [1.807, 2.05) is 33.8 Å². The average Bonchev–Trinajstić information content (AvgIpc) is 3.05. The minimum absolute atomic E-state index is 0.0399. The maximum atomic E-state index is 12.5. The van der Waals surface area contributed by atoms with Gasteiger partial charge in [0.25, 0.3) is 10.0 Å². The Morgan fingerprint density at radius 2 is 1.76 bits per heavy atom. The molecule has 7 heteroatoms. The van der Waals surface area contributed by atoms with Gasteiger partial charge in [-0.3, -0.25) is 4.79 Å². The number of carbonyl (C=O) groups excluding carboxylic acids is 1. The van der Waals surface area contributed by atoms with Crippen molar-refractivity contribution in [1.29, 1.82) is 0 Å². The number of methoxy groups -OCH3 is 2. The third-order valence-corrected chi connectivity index (χ3v) is 5.95. The summed E-state index contributed by atoms with van der Waals surface area (Å²) in [6.45, 7) is 7.85. The van der Waals surface area contributed by atoms with Gasteiger partial charge in [-0.15, -0.1) is 0 Å². The third-order valence-electron chi connectivity index (χ3n) is 4.61. The summed E-state index contributed by atoms with van der Waals surface area (Å²) in [6, 6.07) is 4.20. The Hall–Kier alpha value is -2.02. The molecule has 1 amide bonds. The van der Waals surface area contributed by atoms with Crippen LogP contribution in [0.2, 0.25) is 0 Å². The lowest BCUT2D eigenvalue weighted by Gasteiger charge is -2.11. The van der Waals surface area contributed by atoms with Crippen LogP contribution in [0.15, 0.2) is 34.7 Å². The smallest absolute Gasteiger partial charge is 0.264 e. The van der Waals surface area contributed by atoms with Crippen LogP contribution in [-0.2, 0) is 14.8 Å². The maximum absolute atomic E-state index is 12.5. The Kier molecular flexibility index (Phi) is 5.18. The molecule has 0 unspecified atom stereocenters. The summed E-state index contributed by atoms with van der Waals surface area (Å²) >= 11 is 0. The molecule has 1 fully saturated rings. The molecule has 1 aliphatic carbocycles. The van der Waals surface area contributed by atoms with E-state index in [2.05, 4.69) is 4.72 Å². The largest absolute Gasteiger partial charge is 0.493 e. The molecule has 0 spiro atoms. The van der Waals surface area contributed by atoms with Crippen molar-refractivity contribution in [3.8, 4) is 11.5 Å². The molecular formula is C18H25NO5S. The van der Waals surface area contributed by atoms with Gasteiger partial charge in [-0.25, -0.2) is 13.1 Å². The highest BCUT2D eigenvalue weighted by Gasteiger charge is 2.60. The van der Waals surface area contributed by atoms with Gasteiger partial charge >= 0.3 is 0 Å². The molecule has 1 aromatic carbocycles. The fourth-order valence-electron chi connectivity index (χ4n) is 3.09. The molecule has 138 valence electrons. The Morgan fingerprint density at radius 3 is 2.28 bits per heavy atom. The predicted molar refractivity (Wildman–Crippen MR) is 95.1 cm³/mol. The Labute approximate surface area is 149 Å². The first-order valence-electron chi connectivity index (χ1n) is 7.98. The van der Waals surface area contributed by atoms with Crippen LogP contribution in [0.4, 0.5) is 0 Å². The normalized spacial score (nSPS) is 21.2. The number of rotatable bonds is 6. The van der Waals surface area contributed by atoms with Gasteiger partial charge in [0.15, 0.2) is 11.5 Å². The zero-order valence-corrected chi connectivity index (χ0v) is 16.2. The van der Waals surface area contributed by atoms with Crippen LogP contribution in [0.5, 0.6) is 11.5 Å². The lowest BCUT2D eigenvalue weighted by molar-refractivity contribution is -0.121. The molecule has 0 heterocycles. The van der Waals surface area contributed by atoms with Crippen LogP contribution in [0.1, 0.15) is 27.7 Å². The molecule has 0 bridgehead atoms. The summed E-state index contributed by atoms with van der Waals surface area (Å²) in [5.74, 6) is -0.107. The van der Waals surface area contributed by atoms with Crippen molar-refractivity contribution < 1.29 is 22.7 Å². The van der Waals surface area contributed by atoms with E-state index in [0.29, 0.717) is 5.75 Å². The summed E-state index contributed by atoms with van der Waals surface area (Å²) in [4.78, 5) is 12.5. The highest BCUT2D eigenvalue weighted by molar-refractivity contribution is 7.90. The molecule has 1 N–H and O–H groups in total. The van der Waals surface area contributed by atoms with Gasteiger partial charge in [0.1, 0.15) is 0 Å². The van der Waals surface area contributed by atoms with Crippen LogP contribution in [0.3, 0.4) is 0 Å². The highest BCUT2D eigenvalue weighted by Crippen LogP contribution is 2.59. The van der Waals surface area contributed by atoms with Gasteiger partial charge in [0.2, 0.25) is 5.91 Å². The van der Waals surface area contributed by atoms with Crippen LogP contribution >= 0.6 is 0 Å². The van der Waals surface area contributed by atoms with E-state index in [4.69, 9.17) is 9.47 Å². The summed E-state index contributed by atoms with van der Waals surface area (Å²) in [6.07, 6.45) is 2.02. The Morgan fingerprint density at radius 1 is 1.16 bits per heavy atom. The van der Waals surface area contributed by atoms with E-state index in [-0.39, 0.29) is 27.9 Å². The summed E-state index contributed by atoms with van der Waals surface area (Å²) < 4.78 is 37.5. The van der Waals surface area contributed by atoms with Gasteiger partial charge in [-0.05, 0) is 37.3 Å². The zero-order chi connectivity index (χ0) is 19.0. The van der Waals surface area contributed by atoms with Crippen molar-refractivity contribution in [3.05, 3.63) is 29.8 Å². The van der Waals surface area contributed by atoms with Crippen LogP contribution in [0, 0.1) is 17.3 Å². The van der Waals surface area contributed by atoms with E-state index < -0.39 is 15.9 Å². The van der Waals surface area contributed by atoms with Crippen LogP contribution in [0.25, 0.3) is 0 Å². The standard InChI is InChI=1S/C18H25NO5S/c1-11(2)9-13-16(18(13,3)4)17(20)19-25(21,22)12-7-8-14(23-5)15(10-12)24-6/h7-10,13,16H,1-6H3,(H,19,20)/t13-,16-/m1/s1. The van der Waals surface area contributed by atoms with Gasteiger partial charge in [-0.2, -0.15) is 0 Å². The number of benzene rings is 1. The van der Waals surface area contributed by atoms with Gasteiger partial charge in [0, 0.05) is 6.07 Å². The summed E-state index contributed by atoms with van der Waals surface area (Å²) in [5.41, 5.74) is 0.852. The Balaban J connectivity index is 2.22. The first-order chi connectivity index (χ1) is 11.5. The predicted octanol–water partition coefficient (Wildman–Crippen LogP) is 2.75. The molecule has 0 aliphatic heterocycles. The number of nitrogens with one attached hydrogen (secondary N) is 1. The lowest BCUT2D eigenvalue weighted by Crippen LogP contribution is -2.33. The topological polar surface area (TPSA) is 81.7 Å². The van der Waals surface area contributed by atoms with E-state index in [0.717, 1.165) is 5.57 Å². The minimum atomic E-state index is -3.98. The second-order valence-electron chi connectivity index (χ2n) is 7.06. The monoisotopic (exact) mass is 367 g/mol. The number of ether oxygens (including phenoxy) is 2. The van der Waals surface area contributed by atoms with Gasteiger partial charge in [0.05, 0.1) is 25.0 Å². The molecule has 0 aromatic heterocycles. The quantitative estimate of drug-likeness (QED) is 0.782. The number of hydrogen-bond acceptors (Lipinski definition) is 5. The maximum Gasteiger partial charge on any atom is 0.264 e. The van der Waals surface area contributed by atoms with Crippen LogP contribution < -0.4 is 14.2 Å². The van der Waals surface area contributed by atoms with Crippen molar-refractivity contribution in [2.75, 3.05) is 14.2 Å². The first kappa shape index (κ1) is 19.3. The number of allylic oxidation sites excluding steroid dienone is 2. The molecule has 1 saturated carbocycles. The molecule has 2 rings (SSSR count). The van der Waals surface area contributed by atoms with E-state index in [9.17, 15) is 13.2 Å². The van der Waals surface area contributed by atoms with Gasteiger partial charge < -0.3 is 9.47 Å². The Bertz CT molecular complexity index is 807. The zero-order valence-electron chi connectivity index (χ0n) is 15.4. The second kappa shape index (κ2) is 6.71. The number of hydrogen-bond donors (Lipinski definition) is 1. The van der Waals surface area contributed by atoms with Crippen LogP contribution in [-0.4, -0.2) is 28.5 Å². The van der Waals surface area contributed by atoms with Crippen molar-refractivity contribution in [3.63, 3.8) is 0 Å². The third kappa shape index (κ3) is 3.81. The lowest BCUT2D eigenvalue weighted by atomic mass is 10.1. The molecule has 1 aromatic rings. The SMILES string of the molecule is COc1ccc(S(=O)(=O)NC(=O)[C@H]2[C@@H](C=C(C)C)C2(C)C)cc1OC. The molecule has 0 saturated heterocycles. The highest BCUT2D eigenvalue weighted by atomic mass is 32.2. The van der Waals surface area contributed by atoms with E-state index in [1.165, 1.54) is 32.4 Å². The minimum Gasteiger partial charge on any atom is -0.493 e. The van der Waals surface area contributed by atoms with E-state index in [1.54, 1.807) is 0 Å².